The molecule has 2 aliphatic heterocycles. The molecule has 0 saturated carbocycles. The van der Waals surface area contributed by atoms with Gasteiger partial charge in [0.15, 0.2) is 11.5 Å². The number of halogens is 1. The van der Waals surface area contributed by atoms with Gasteiger partial charge in [-0.2, -0.15) is 0 Å². The first kappa shape index (κ1) is 18.2. The number of aryl methyl sites for hydroxylation is 1. The first-order valence-corrected chi connectivity index (χ1v) is 10.1. The number of ether oxygens (including phenoxy) is 2. The summed E-state index contributed by atoms with van der Waals surface area (Å²) in [7, 11) is 0. The van der Waals surface area contributed by atoms with Crippen molar-refractivity contribution in [2.45, 2.75) is 31.9 Å². The second kappa shape index (κ2) is 7.22. The van der Waals surface area contributed by atoms with Crippen LogP contribution in [0.2, 0.25) is 0 Å². The van der Waals surface area contributed by atoms with E-state index in [1.54, 1.807) is 10.6 Å². The van der Waals surface area contributed by atoms with Crippen molar-refractivity contribution in [1.29, 1.82) is 0 Å². The average Bonchev–Trinajstić information content (AvgIpc) is 3.03. The highest BCUT2D eigenvalue weighted by molar-refractivity contribution is 5.75. The lowest BCUT2D eigenvalue weighted by Gasteiger charge is -2.36. The minimum Gasteiger partial charge on any atom is -0.486 e. The molecule has 1 atom stereocenters. The van der Waals surface area contributed by atoms with Gasteiger partial charge in [-0.3, -0.25) is 9.47 Å². The predicted octanol–water partition coefficient (Wildman–Crippen LogP) is 3.25. The standard InChI is InChI=1S/C22H24FN3O3/c1-14-2-5-20-21(10-14)28-13-17(29-20)12-25-8-6-16(7-9-25)26-19-4-3-15(23)11-18(19)24-22(26)27/h2-5,10-11,16-17H,6-9,12-13H2,1H3,(H,24,27). The summed E-state index contributed by atoms with van der Waals surface area (Å²) in [5.74, 6) is 1.28. The van der Waals surface area contributed by atoms with Crippen LogP contribution in [0.25, 0.3) is 11.0 Å². The van der Waals surface area contributed by atoms with E-state index in [1.807, 2.05) is 25.1 Å². The SMILES string of the molecule is Cc1ccc2c(c1)OCC(CN1CCC(n3c(=O)[nH]c4cc(F)ccc43)CC1)O2. The summed E-state index contributed by atoms with van der Waals surface area (Å²) in [5, 5.41) is 0. The van der Waals surface area contributed by atoms with Gasteiger partial charge in [-0.1, -0.05) is 6.07 Å². The number of hydrogen-bond acceptors (Lipinski definition) is 4. The summed E-state index contributed by atoms with van der Waals surface area (Å²) >= 11 is 0. The first-order valence-electron chi connectivity index (χ1n) is 10.1. The molecule has 7 heteroatoms. The van der Waals surface area contributed by atoms with Crippen LogP contribution < -0.4 is 15.2 Å². The second-order valence-electron chi connectivity index (χ2n) is 7.99. The van der Waals surface area contributed by atoms with Crippen molar-refractivity contribution in [2.24, 2.45) is 0 Å². The quantitative estimate of drug-likeness (QED) is 0.737. The zero-order chi connectivity index (χ0) is 20.0. The van der Waals surface area contributed by atoms with Gasteiger partial charge < -0.3 is 14.5 Å². The summed E-state index contributed by atoms with van der Waals surface area (Å²) in [6, 6.07) is 10.6. The van der Waals surface area contributed by atoms with Crippen LogP contribution in [0.3, 0.4) is 0 Å². The molecule has 0 aliphatic carbocycles. The first-order chi connectivity index (χ1) is 14.1. The van der Waals surface area contributed by atoms with E-state index in [1.165, 1.54) is 12.1 Å². The maximum atomic E-state index is 13.4. The van der Waals surface area contributed by atoms with E-state index in [4.69, 9.17) is 9.47 Å². The van der Waals surface area contributed by atoms with Crippen LogP contribution in [0.4, 0.5) is 4.39 Å². The van der Waals surface area contributed by atoms with Crippen LogP contribution >= 0.6 is 0 Å². The predicted molar refractivity (Wildman–Crippen MR) is 108 cm³/mol. The minimum atomic E-state index is -0.341. The van der Waals surface area contributed by atoms with Crippen LogP contribution in [-0.4, -0.2) is 46.8 Å². The zero-order valence-corrected chi connectivity index (χ0v) is 16.4. The van der Waals surface area contributed by atoms with E-state index in [2.05, 4.69) is 9.88 Å². The van der Waals surface area contributed by atoms with Gasteiger partial charge in [0.05, 0.1) is 11.0 Å². The van der Waals surface area contributed by atoms with Crippen molar-refractivity contribution in [1.82, 2.24) is 14.5 Å². The van der Waals surface area contributed by atoms with Crippen LogP contribution in [0.5, 0.6) is 11.5 Å². The highest BCUT2D eigenvalue weighted by atomic mass is 19.1. The highest BCUT2D eigenvalue weighted by Crippen LogP contribution is 2.33. The van der Waals surface area contributed by atoms with Crippen molar-refractivity contribution in [3.8, 4) is 11.5 Å². The number of imidazole rings is 1. The Morgan fingerprint density at radius 2 is 1.97 bits per heavy atom. The fourth-order valence-electron chi connectivity index (χ4n) is 4.43. The Kier molecular flexibility index (Phi) is 4.54. The van der Waals surface area contributed by atoms with E-state index in [0.717, 1.165) is 55.1 Å². The smallest absolute Gasteiger partial charge is 0.326 e. The summed E-state index contributed by atoms with van der Waals surface area (Å²) in [5.41, 5.74) is 2.31. The number of likely N-dealkylation sites (tertiary alicyclic amines) is 1. The van der Waals surface area contributed by atoms with Gasteiger partial charge in [-0.25, -0.2) is 9.18 Å². The van der Waals surface area contributed by atoms with Gasteiger partial charge >= 0.3 is 5.69 Å². The lowest BCUT2D eigenvalue weighted by Crippen LogP contribution is -2.45. The van der Waals surface area contributed by atoms with Crippen molar-refractivity contribution in [2.75, 3.05) is 26.2 Å². The Bertz CT molecular complexity index is 1100. The molecule has 1 aromatic heterocycles. The van der Waals surface area contributed by atoms with Gasteiger partial charge in [0.2, 0.25) is 0 Å². The van der Waals surface area contributed by atoms with Crippen molar-refractivity contribution < 1.29 is 13.9 Å². The number of nitrogens with one attached hydrogen (secondary N) is 1. The summed E-state index contributed by atoms with van der Waals surface area (Å²) < 4.78 is 27.2. The van der Waals surface area contributed by atoms with Crippen molar-refractivity contribution in [3.05, 3.63) is 58.3 Å². The topological polar surface area (TPSA) is 59.5 Å². The van der Waals surface area contributed by atoms with Crippen molar-refractivity contribution in [3.63, 3.8) is 0 Å². The second-order valence-corrected chi connectivity index (χ2v) is 7.99. The average molecular weight is 397 g/mol. The van der Waals surface area contributed by atoms with Gasteiger partial charge in [0.1, 0.15) is 18.5 Å². The Labute approximate surface area is 167 Å². The summed E-state index contributed by atoms with van der Waals surface area (Å²) in [4.78, 5) is 17.6. The Morgan fingerprint density at radius 1 is 1.14 bits per heavy atom. The molecule has 3 aromatic rings. The molecule has 1 saturated heterocycles. The number of piperidine rings is 1. The molecule has 0 amide bonds. The van der Waals surface area contributed by atoms with Gasteiger partial charge in [-0.05, 0) is 55.7 Å². The number of benzene rings is 2. The number of fused-ring (bicyclic) bond motifs is 2. The molecule has 1 fully saturated rings. The molecule has 1 N–H and O–H groups in total. The minimum absolute atomic E-state index is 0.000502. The zero-order valence-electron chi connectivity index (χ0n) is 16.4. The number of H-pyrrole nitrogens is 1. The third kappa shape index (κ3) is 3.51. The Hall–Kier alpha value is -2.80. The van der Waals surface area contributed by atoms with E-state index in [0.29, 0.717) is 12.1 Å². The van der Waals surface area contributed by atoms with Crippen LogP contribution in [0.1, 0.15) is 24.4 Å². The van der Waals surface area contributed by atoms with Crippen LogP contribution in [0.15, 0.2) is 41.2 Å². The molecule has 0 spiro atoms. The third-order valence-corrected chi connectivity index (χ3v) is 5.88. The lowest BCUT2D eigenvalue weighted by molar-refractivity contribution is 0.0485. The number of rotatable bonds is 3. The molecule has 2 aliphatic rings. The third-order valence-electron chi connectivity index (χ3n) is 5.88. The van der Waals surface area contributed by atoms with Crippen LogP contribution in [0, 0.1) is 12.7 Å². The number of hydrogen-bond donors (Lipinski definition) is 1. The van der Waals surface area contributed by atoms with E-state index >= 15 is 0 Å². The van der Waals surface area contributed by atoms with Gasteiger partial charge in [0, 0.05) is 25.7 Å². The largest absolute Gasteiger partial charge is 0.486 e. The summed E-state index contributed by atoms with van der Waals surface area (Å²) in [6.45, 7) is 5.14. The molecule has 0 bridgehead atoms. The number of aromatic amines is 1. The van der Waals surface area contributed by atoms with E-state index < -0.39 is 0 Å². The Morgan fingerprint density at radius 3 is 2.79 bits per heavy atom. The molecule has 2 aromatic carbocycles. The highest BCUT2D eigenvalue weighted by Gasteiger charge is 2.28. The van der Waals surface area contributed by atoms with E-state index in [-0.39, 0.29) is 23.7 Å². The monoisotopic (exact) mass is 397 g/mol. The van der Waals surface area contributed by atoms with Gasteiger partial charge in [0.25, 0.3) is 0 Å². The molecule has 152 valence electrons. The lowest BCUT2D eigenvalue weighted by atomic mass is 10.0. The molecule has 6 nitrogen and oxygen atoms in total. The number of aromatic nitrogens is 2. The fraction of sp³-hybridized carbons (Fsp3) is 0.409. The maximum absolute atomic E-state index is 13.4. The molecular weight excluding hydrogens is 373 g/mol. The molecule has 1 unspecified atom stereocenters. The molecule has 3 heterocycles. The van der Waals surface area contributed by atoms with Crippen molar-refractivity contribution >= 4 is 11.0 Å². The normalized spacial score (nSPS) is 20.3. The van der Waals surface area contributed by atoms with Gasteiger partial charge in [-0.15, -0.1) is 0 Å². The number of nitrogens with zero attached hydrogens (tertiary/aromatic N) is 2. The van der Waals surface area contributed by atoms with E-state index in [9.17, 15) is 9.18 Å². The van der Waals surface area contributed by atoms with Crippen LogP contribution in [-0.2, 0) is 0 Å². The fourth-order valence-corrected chi connectivity index (χ4v) is 4.43. The summed E-state index contributed by atoms with van der Waals surface area (Å²) in [6.07, 6.45) is 1.74. The maximum Gasteiger partial charge on any atom is 0.326 e. The molecule has 29 heavy (non-hydrogen) atoms. The molecule has 5 rings (SSSR count). The Balaban J connectivity index is 1.23. The molecular formula is C22H24FN3O3. The molecule has 0 radical (unpaired) electrons.